The maximum atomic E-state index is 9.17. The molecule has 1 aromatic heterocycles. The number of aryl methyl sites for hydroxylation is 4. The number of nitriles is 1. The standard InChI is InChI=1S/C18H17N3/c1-13-6-8-14(9-7-13)10-11-17-20-18-15(12-19)4-3-5-16(18)21(17)2/h3-9H,10-11H2,1-2H3. The lowest BCUT2D eigenvalue weighted by Crippen LogP contribution is -2.00. The second-order valence-corrected chi connectivity index (χ2v) is 5.36. The lowest BCUT2D eigenvalue weighted by molar-refractivity contribution is 0.787. The summed E-state index contributed by atoms with van der Waals surface area (Å²) in [6, 6.07) is 16.6. The highest BCUT2D eigenvalue weighted by Crippen LogP contribution is 2.19. The average molecular weight is 275 g/mol. The molecule has 0 saturated carbocycles. The molecule has 0 aliphatic heterocycles. The Bertz CT molecular complexity index is 820. The van der Waals surface area contributed by atoms with Crippen molar-refractivity contribution in [1.29, 1.82) is 5.26 Å². The minimum Gasteiger partial charge on any atom is -0.331 e. The number of aromatic nitrogens is 2. The van der Waals surface area contributed by atoms with Crippen molar-refractivity contribution in [2.24, 2.45) is 7.05 Å². The maximum Gasteiger partial charge on any atom is 0.109 e. The van der Waals surface area contributed by atoms with Crippen LogP contribution >= 0.6 is 0 Å². The van der Waals surface area contributed by atoms with Gasteiger partial charge in [-0.3, -0.25) is 0 Å². The van der Waals surface area contributed by atoms with Crippen molar-refractivity contribution < 1.29 is 0 Å². The molecule has 0 unspecified atom stereocenters. The van der Waals surface area contributed by atoms with Crippen molar-refractivity contribution in [2.45, 2.75) is 19.8 Å². The van der Waals surface area contributed by atoms with Crippen LogP contribution in [0.15, 0.2) is 42.5 Å². The third-order valence-corrected chi connectivity index (χ3v) is 3.88. The number of fused-ring (bicyclic) bond motifs is 1. The Kier molecular flexibility index (Phi) is 3.45. The van der Waals surface area contributed by atoms with Gasteiger partial charge in [0, 0.05) is 13.5 Å². The zero-order chi connectivity index (χ0) is 14.8. The van der Waals surface area contributed by atoms with E-state index in [4.69, 9.17) is 0 Å². The zero-order valence-corrected chi connectivity index (χ0v) is 12.3. The van der Waals surface area contributed by atoms with E-state index in [1.807, 2.05) is 25.2 Å². The lowest BCUT2D eigenvalue weighted by atomic mass is 10.1. The van der Waals surface area contributed by atoms with Crippen LogP contribution in [-0.2, 0) is 19.9 Å². The Morgan fingerprint density at radius 2 is 1.86 bits per heavy atom. The van der Waals surface area contributed by atoms with Crippen molar-refractivity contribution in [1.82, 2.24) is 9.55 Å². The molecule has 0 spiro atoms. The Hall–Kier alpha value is -2.60. The lowest BCUT2D eigenvalue weighted by Gasteiger charge is -2.03. The van der Waals surface area contributed by atoms with Gasteiger partial charge in [-0.15, -0.1) is 0 Å². The fourth-order valence-corrected chi connectivity index (χ4v) is 2.59. The first-order valence-corrected chi connectivity index (χ1v) is 7.09. The fourth-order valence-electron chi connectivity index (χ4n) is 2.59. The molecule has 2 aromatic carbocycles. The monoisotopic (exact) mass is 275 g/mol. The van der Waals surface area contributed by atoms with E-state index in [2.05, 4.69) is 46.8 Å². The number of rotatable bonds is 3. The van der Waals surface area contributed by atoms with Crippen LogP contribution < -0.4 is 0 Å². The third kappa shape index (κ3) is 2.53. The van der Waals surface area contributed by atoms with Crippen molar-refractivity contribution in [2.75, 3.05) is 0 Å². The molecule has 1 heterocycles. The van der Waals surface area contributed by atoms with Crippen LogP contribution in [0.2, 0.25) is 0 Å². The highest BCUT2D eigenvalue weighted by atomic mass is 15.1. The highest BCUT2D eigenvalue weighted by Gasteiger charge is 2.10. The van der Waals surface area contributed by atoms with E-state index in [1.165, 1.54) is 11.1 Å². The number of hydrogen-bond donors (Lipinski definition) is 0. The second-order valence-electron chi connectivity index (χ2n) is 5.36. The number of hydrogen-bond acceptors (Lipinski definition) is 2. The van der Waals surface area contributed by atoms with Gasteiger partial charge < -0.3 is 4.57 Å². The Morgan fingerprint density at radius 3 is 2.57 bits per heavy atom. The molecule has 0 radical (unpaired) electrons. The number of benzene rings is 2. The van der Waals surface area contributed by atoms with E-state index in [-0.39, 0.29) is 0 Å². The first-order valence-electron chi connectivity index (χ1n) is 7.09. The summed E-state index contributed by atoms with van der Waals surface area (Å²) in [7, 11) is 2.01. The zero-order valence-electron chi connectivity index (χ0n) is 12.3. The maximum absolute atomic E-state index is 9.17. The van der Waals surface area contributed by atoms with E-state index in [9.17, 15) is 5.26 Å². The first-order chi connectivity index (χ1) is 10.2. The van der Waals surface area contributed by atoms with E-state index >= 15 is 0 Å². The average Bonchev–Trinajstić information content (AvgIpc) is 2.83. The van der Waals surface area contributed by atoms with Gasteiger partial charge in [0.2, 0.25) is 0 Å². The summed E-state index contributed by atoms with van der Waals surface area (Å²) in [6.07, 6.45) is 1.83. The van der Waals surface area contributed by atoms with Crippen molar-refractivity contribution in [3.63, 3.8) is 0 Å². The molecular weight excluding hydrogens is 258 g/mol. The summed E-state index contributed by atoms with van der Waals surface area (Å²) < 4.78 is 2.09. The van der Waals surface area contributed by atoms with E-state index < -0.39 is 0 Å². The number of imidazole rings is 1. The molecule has 0 bridgehead atoms. The molecule has 0 fully saturated rings. The predicted octanol–water partition coefficient (Wildman–Crippen LogP) is 3.54. The molecule has 0 aliphatic carbocycles. The van der Waals surface area contributed by atoms with Gasteiger partial charge >= 0.3 is 0 Å². The van der Waals surface area contributed by atoms with Gasteiger partial charge in [-0.2, -0.15) is 5.26 Å². The van der Waals surface area contributed by atoms with Crippen molar-refractivity contribution in [3.05, 3.63) is 65.0 Å². The summed E-state index contributed by atoms with van der Waals surface area (Å²) in [5, 5.41) is 9.17. The van der Waals surface area contributed by atoms with Crippen molar-refractivity contribution in [3.8, 4) is 6.07 Å². The largest absolute Gasteiger partial charge is 0.331 e. The molecular formula is C18H17N3. The van der Waals surface area contributed by atoms with Crippen molar-refractivity contribution >= 4 is 11.0 Å². The second kappa shape index (κ2) is 5.41. The van der Waals surface area contributed by atoms with Gasteiger partial charge in [-0.05, 0) is 31.0 Å². The van der Waals surface area contributed by atoms with E-state index in [1.54, 1.807) is 0 Å². The molecule has 0 aliphatic rings. The molecule has 0 atom stereocenters. The van der Waals surface area contributed by atoms with Gasteiger partial charge in [-0.25, -0.2) is 4.98 Å². The number of nitrogens with zero attached hydrogens (tertiary/aromatic N) is 3. The van der Waals surface area contributed by atoms with Crippen LogP contribution in [0.25, 0.3) is 11.0 Å². The normalized spacial score (nSPS) is 10.7. The van der Waals surface area contributed by atoms with Gasteiger partial charge in [0.05, 0.1) is 11.1 Å². The summed E-state index contributed by atoms with van der Waals surface area (Å²) in [4.78, 5) is 4.66. The van der Waals surface area contributed by atoms with Crippen LogP contribution in [0.5, 0.6) is 0 Å². The molecule has 0 saturated heterocycles. The quantitative estimate of drug-likeness (QED) is 0.733. The molecule has 3 heteroatoms. The summed E-state index contributed by atoms with van der Waals surface area (Å²) in [5.74, 6) is 1.02. The topological polar surface area (TPSA) is 41.6 Å². The van der Waals surface area contributed by atoms with Gasteiger partial charge in [-0.1, -0.05) is 35.9 Å². The molecule has 104 valence electrons. The van der Waals surface area contributed by atoms with Crippen LogP contribution in [0, 0.1) is 18.3 Å². The Morgan fingerprint density at radius 1 is 1.10 bits per heavy atom. The molecule has 3 nitrogen and oxygen atoms in total. The third-order valence-electron chi connectivity index (χ3n) is 3.88. The van der Waals surface area contributed by atoms with Gasteiger partial charge in [0.25, 0.3) is 0 Å². The van der Waals surface area contributed by atoms with Crippen LogP contribution in [0.4, 0.5) is 0 Å². The summed E-state index contributed by atoms with van der Waals surface area (Å²) >= 11 is 0. The minimum atomic E-state index is 0.643. The Labute approximate surface area is 124 Å². The van der Waals surface area contributed by atoms with Crippen LogP contribution in [-0.4, -0.2) is 9.55 Å². The SMILES string of the molecule is Cc1ccc(CCc2nc3c(C#N)cccc3n2C)cc1. The van der Waals surface area contributed by atoms with E-state index in [0.29, 0.717) is 5.56 Å². The smallest absolute Gasteiger partial charge is 0.109 e. The fraction of sp³-hybridized carbons (Fsp3) is 0.222. The molecule has 3 rings (SSSR count). The summed E-state index contributed by atoms with van der Waals surface area (Å²) in [6.45, 7) is 2.10. The molecule has 0 amide bonds. The minimum absolute atomic E-state index is 0.643. The van der Waals surface area contributed by atoms with Crippen LogP contribution in [0.3, 0.4) is 0 Å². The van der Waals surface area contributed by atoms with Crippen LogP contribution in [0.1, 0.15) is 22.5 Å². The molecule has 3 aromatic rings. The Balaban J connectivity index is 1.89. The number of para-hydroxylation sites is 1. The summed E-state index contributed by atoms with van der Waals surface area (Å²) in [5.41, 5.74) is 5.06. The molecule has 0 N–H and O–H groups in total. The highest BCUT2D eigenvalue weighted by molar-refractivity contribution is 5.82. The van der Waals surface area contributed by atoms with E-state index in [0.717, 1.165) is 29.7 Å². The first kappa shape index (κ1) is 13.4. The predicted molar refractivity (Wildman–Crippen MR) is 84.0 cm³/mol. The molecule has 21 heavy (non-hydrogen) atoms. The van der Waals surface area contributed by atoms with Gasteiger partial charge in [0.1, 0.15) is 17.4 Å². The van der Waals surface area contributed by atoms with Gasteiger partial charge in [0.15, 0.2) is 0 Å².